The maximum Gasteiger partial charge on any atom is 0.244 e. The van der Waals surface area contributed by atoms with Crippen molar-refractivity contribution in [1.29, 1.82) is 0 Å². The molecule has 1 atom stereocenters. The van der Waals surface area contributed by atoms with E-state index in [1.807, 2.05) is 49.3 Å². The monoisotopic (exact) mass is 284 g/mol. The van der Waals surface area contributed by atoms with E-state index in [1.165, 1.54) is 6.08 Å². The highest BCUT2D eigenvalue weighted by atomic mass is 16.3. The fraction of sp³-hybridized carbons (Fsp3) is 0.235. The van der Waals surface area contributed by atoms with Gasteiger partial charge in [0.2, 0.25) is 5.91 Å². The lowest BCUT2D eigenvalue weighted by atomic mass is 10.1. The van der Waals surface area contributed by atoms with Gasteiger partial charge in [0.05, 0.1) is 12.3 Å². The smallest absolute Gasteiger partial charge is 0.244 e. The number of carbonyl (C=O) groups is 1. The van der Waals surface area contributed by atoms with Gasteiger partial charge in [0.15, 0.2) is 0 Å². The fourth-order valence-electron chi connectivity index (χ4n) is 2.05. The summed E-state index contributed by atoms with van der Waals surface area (Å²) in [5.41, 5.74) is 1.09. The average molecular weight is 284 g/mol. The number of nitrogens with one attached hydrogen (secondary N) is 1. The highest BCUT2D eigenvalue weighted by Crippen LogP contribution is 2.13. The molecule has 0 saturated carbocycles. The first-order valence-corrected chi connectivity index (χ1v) is 6.87. The van der Waals surface area contributed by atoms with Gasteiger partial charge in [0.25, 0.3) is 0 Å². The van der Waals surface area contributed by atoms with Crippen LogP contribution in [0.4, 0.5) is 0 Å². The van der Waals surface area contributed by atoms with Crippen LogP contribution < -0.4 is 5.32 Å². The van der Waals surface area contributed by atoms with Crippen molar-refractivity contribution in [3.05, 3.63) is 66.1 Å². The molecule has 0 aliphatic carbocycles. The molecular weight excluding hydrogens is 264 g/mol. The van der Waals surface area contributed by atoms with E-state index >= 15 is 0 Å². The van der Waals surface area contributed by atoms with Crippen LogP contribution in [-0.4, -0.2) is 31.4 Å². The Morgan fingerprint density at radius 2 is 2.00 bits per heavy atom. The molecule has 1 aromatic heterocycles. The molecule has 1 amide bonds. The van der Waals surface area contributed by atoms with Crippen LogP contribution in [-0.2, 0) is 4.79 Å². The van der Waals surface area contributed by atoms with Crippen LogP contribution in [0.5, 0.6) is 0 Å². The first-order valence-electron chi connectivity index (χ1n) is 6.87. The molecule has 0 aliphatic rings. The van der Waals surface area contributed by atoms with Crippen molar-refractivity contribution in [1.82, 2.24) is 10.2 Å². The molecule has 0 radical (unpaired) electrons. The van der Waals surface area contributed by atoms with Crippen LogP contribution >= 0.6 is 0 Å². The molecule has 1 heterocycles. The maximum atomic E-state index is 12.0. The summed E-state index contributed by atoms with van der Waals surface area (Å²) in [6.07, 6.45) is 4.73. The molecule has 0 fully saturated rings. The van der Waals surface area contributed by atoms with Gasteiger partial charge in [-0.2, -0.15) is 0 Å². The molecule has 0 bridgehead atoms. The number of furan rings is 1. The zero-order valence-electron chi connectivity index (χ0n) is 12.3. The second kappa shape index (κ2) is 7.45. The number of amides is 1. The van der Waals surface area contributed by atoms with E-state index in [9.17, 15) is 4.79 Å². The van der Waals surface area contributed by atoms with Crippen LogP contribution in [0.15, 0.2) is 59.2 Å². The Morgan fingerprint density at radius 1 is 1.24 bits per heavy atom. The van der Waals surface area contributed by atoms with E-state index in [0.29, 0.717) is 5.76 Å². The third-order valence-corrected chi connectivity index (χ3v) is 3.01. The summed E-state index contributed by atoms with van der Waals surface area (Å²) in [5.74, 6) is 0.524. The van der Waals surface area contributed by atoms with Gasteiger partial charge in [0.1, 0.15) is 5.76 Å². The molecule has 2 rings (SSSR count). The van der Waals surface area contributed by atoms with E-state index in [2.05, 4.69) is 5.32 Å². The summed E-state index contributed by atoms with van der Waals surface area (Å²) in [5, 5.41) is 3.02. The Morgan fingerprint density at radius 3 is 2.62 bits per heavy atom. The molecule has 21 heavy (non-hydrogen) atoms. The molecule has 0 aliphatic heterocycles. The lowest BCUT2D eigenvalue weighted by molar-refractivity contribution is -0.117. The quantitative estimate of drug-likeness (QED) is 0.830. The molecule has 1 aromatic carbocycles. The number of hydrogen-bond acceptors (Lipinski definition) is 3. The number of carbonyl (C=O) groups excluding carboxylic acids is 1. The van der Waals surface area contributed by atoms with E-state index in [-0.39, 0.29) is 11.9 Å². The minimum absolute atomic E-state index is 0.0463. The Labute approximate surface area is 125 Å². The predicted molar refractivity (Wildman–Crippen MR) is 83.6 cm³/mol. The van der Waals surface area contributed by atoms with Crippen LogP contribution in [0, 0.1) is 0 Å². The summed E-state index contributed by atoms with van der Waals surface area (Å²) in [4.78, 5) is 14.1. The van der Waals surface area contributed by atoms with Crippen molar-refractivity contribution in [2.45, 2.75) is 6.04 Å². The molecular formula is C17H20N2O2. The normalized spacial score (nSPS) is 12.7. The van der Waals surface area contributed by atoms with Gasteiger partial charge in [-0.3, -0.25) is 4.79 Å². The molecule has 110 valence electrons. The van der Waals surface area contributed by atoms with Gasteiger partial charge in [-0.25, -0.2) is 0 Å². The standard InChI is InChI=1S/C17H20N2O2/c1-19(2)13-16(14-7-4-3-5-8-14)18-17(20)11-10-15-9-6-12-21-15/h3-12,16H,13H2,1-2H3,(H,18,20)/b11-10+/t16-/m0/s1. The predicted octanol–water partition coefficient (Wildman–Crippen LogP) is 2.71. The fourth-order valence-corrected chi connectivity index (χ4v) is 2.05. The van der Waals surface area contributed by atoms with Gasteiger partial charge < -0.3 is 14.6 Å². The zero-order chi connectivity index (χ0) is 15.1. The van der Waals surface area contributed by atoms with Crippen molar-refractivity contribution in [3.8, 4) is 0 Å². The SMILES string of the molecule is CN(C)C[C@H](NC(=O)/C=C/c1ccco1)c1ccccc1. The highest BCUT2D eigenvalue weighted by molar-refractivity contribution is 5.91. The van der Waals surface area contributed by atoms with Crippen molar-refractivity contribution in [2.24, 2.45) is 0 Å². The summed E-state index contributed by atoms with van der Waals surface area (Å²) in [7, 11) is 3.97. The number of rotatable bonds is 6. The molecule has 1 N–H and O–H groups in total. The van der Waals surface area contributed by atoms with E-state index in [4.69, 9.17) is 4.42 Å². The Balaban J connectivity index is 2.03. The number of likely N-dealkylation sites (N-methyl/N-ethyl adjacent to an activating group) is 1. The summed E-state index contributed by atoms with van der Waals surface area (Å²) >= 11 is 0. The molecule has 4 nitrogen and oxygen atoms in total. The van der Waals surface area contributed by atoms with Gasteiger partial charge in [-0.05, 0) is 37.9 Å². The van der Waals surface area contributed by atoms with Crippen LogP contribution in [0.3, 0.4) is 0 Å². The third kappa shape index (κ3) is 4.93. The number of benzene rings is 1. The Bertz CT molecular complexity index is 574. The van der Waals surface area contributed by atoms with Crippen molar-refractivity contribution < 1.29 is 9.21 Å². The summed E-state index contributed by atoms with van der Waals surface area (Å²) < 4.78 is 5.16. The zero-order valence-corrected chi connectivity index (χ0v) is 12.3. The second-order valence-electron chi connectivity index (χ2n) is 5.08. The van der Waals surface area contributed by atoms with Crippen LogP contribution in [0.2, 0.25) is 0 Å². The van der Waals surface area contributed by atoms with E-state index in [0.717, 1.165) is 12.1 Å². The second-order valence-corrected chi connectivity index (χ2v) is 5.08. The third-order valence-electron chi connectivity index (χ3n) is 3.01. The lowest BCUT2D eigenvalue weighted by Crippen LogP contribution is -2.34. The molecule has 2 aromatic rings. The molecule has 0 saturated heterocycles. The topological polar surface area (TPSA) is 45.5 Å². The highest BCUT2D eigenvalue weighted by Gasteiger charge is 2.13. The minimum atomic E-state index is -0.137. The largest absolute Gasteiger partial charge is 0.465 e. The van der Waals surface area contributed by atoms with Gasteiger partial charge in [-0.15, -0.1) is 0 Å². The Kier molecular flexibility index (Phi) is 5.35. The van der Waals surface area contributed by atoms with Gasteiger partial charge >= 0.3 is 0 Å². The minimum Gasteiger partial charge on any atom is -0.465 e. The first kappa shape index (κ1) is 15.1. The summed E-state index contributed by atoms with van der Waals surface area (Å²) in [6, 6.07) is 13.5. The summed E-state index contributed by atoms with van der Waals surface area (Å²) in [6.45, 7) is 0.740. The van der Waals surface area contributed by atoms with Crippen LogP contribution in [0.25, 0.3) is 6.08 Å². The van der Waals surface area contributed by atoms with Crippen molar-refractivity contribution in [3.63, 3.8) is 0 Å². The Hall–Kier alpha value is -2.33. The van der Waals surface area contributed by atoms with Crippen LogP contribution in [0.1, 0.15) is 17.4 Å². The van der Waals surface area contributed by atoms with Crippen molar-refractivity contribution in [2.75, 3.05) is 20.6 Å². The maximum absolute atomic E-state index is 12.0. The molecule has 0 spiro atoms. The van der Waals surface area contributed by atoms with Crippen molar-refractivity contribution >= 4 is 12.0 Å². The molecule has 4 heteroatoms. The first-order chi connectivity index (χ1) is 10.1. The number of hydrogen-bond donors (Lipinski definition) is 1. The number of nitrogens with zero attached hydrogens (tertiary/aromatic N) is 1. The van der Waals surface area contributed by atoms with E-state index < -0.39 is 0 Å². The average Bonchev–Trinajstić information content (AvgIpc) is 2.98. The molecule has 0 unspecified atom stereocenters. The van der Waals surface area contributed by atoms with Gasteiger partial charge in [-0.1, -0.05) is 30.3 Å². The lowest BCUT2D eigenvalue weighted by Gasteiger charge is -2.22. The van der Waals surface area contributed by atoms with Gasteiger partial charge in [0, 0.05) is 12.6 Å². The van der Waals surface area contributed by atoms with E-state index in [1.54, 1.807) is 24.5 Å².